The molecule has 0 atom stereocenters. The number of hydrogen-bond acceptors (Lipinski definition) is 5. The van der Waals surface area contributed by atoms with Crippen LogP contribution < -0.4 is 9.47 Å². The van der Waals surface area contributed by atoms with Crippen LogP contribution in [-0.4, -0.2) is 18.0 Å². The van der Waals surface area contributed by atoms with E-state index in [-0.39, 0.29) is 17.9 Å². The number of nitrogens with zero attached hydrogens (tertiary/aromatic N) is 1. The second-order valence-corrected chi connectivity index (χ2v) is 6.73. The third-order valence-corrected chi connectivity index (χ3v) is 4.51. The predicted molar refractivity (Wildman–Crippen MR) is 118 cm³/mol. The third kappa shape index (κ3) is 7.54. The first kappa shape index (κ1) is 22.9. The van der Waals surface area contributed by atoms with E-state index in [4.69, 9.17) is 9.47 Å². The van der Waals surface area contributed by atoms with Gasteiger partial charge in [-0.15, -0.1) is 0 Å². The summed E-state index contributed by atoms with van der Waals surface area (Å²) < 4.78 is 10.4. The smallest absolute Gasteiger partial charge is 0.315 e. The van der Waals surface area contributed by atoms with Crippen LogP contribution in [0.3, 0.4) is 0 Å². The monoisotopic (exact) mass is 409 g/mol. The largest absolute Gasteiger partial charge is 0.497 e. The van der Waals surface area contributed by atoms with Crippen LogP contribution in [0.2, 0.25) is 0 Å². The molecule has 6 heteroatoms. The van der Waals surface area contributed by atoms with E-state index < -0.39 is 10.9 Å². The number of unbranched alkanes of at least 4 members (excludes halogenated alkanes) is 2. The molecule has 6 nitrogen and oxygen atoms in total. The number of non-ortho nitro benzene ring substituents is 1. The minimum Gasteiger partial charge on any atom is -0.497 e. The van der Waals surface area contributed by atoms with E-state index in [2.05, 4.69) is 6.92 Å². The molecule has 0 saturated carbocycles. The van der Waals surface area contributed by atoms with Crippen molar-refractivity contribution in [2.45, 2.75) is 39.0 Å². The minimum absolute atomic E-state index is 0.0473. The van der Waals surface area contributed by atoms with Crippen molar-refractivity contribution in [1.29, 1.82) is 0 Å². The van der Waals surface area contributed by atoms with Crippen LogP contribution in [0.15, 0.2) is 66.8 Å². The highest BCUT2D eigenvalue weighted by molar-refractivity contribution is 5.74. The Morgan fingerprint density at radius 3 is 2.30 bits per heavy atom. The zero-order valence-electron chi connectivity index (χ0n) is 17.4. The second kappa shape index (κ2) is 12.2. The lowest BCUT2D eigenvalue weighted by atomic mass is 9.99. The number of esters is 1. The first-order chi connectivity index (χ1) is 14.5. The summed E-state index contributed by atoms with van der Waals surface area (Å²) >= 11 is 0. The van der Waals surface area contributed by atoms with Gasteiger partial charge in [0.05, 0.1) is 18.5 Å². The van der Waals surface area contributed by atoms with Crippen LogP contribution in [0.4, 0.5) is 5.69 Å². The van der Waals surface area contributed by atoms with Crippen molar-refractivity contribution in [2.75, 3.05) is 7.11 Å². The number of rotatable bonds is 11. The molecule has 0 spiro atoms. The summed E-state index contributed by atoms with van der Waals surface area (Å²) in [6.07, 6.45) is 10.1. The molecule has 0 unspecified atom stereocenters. The molecule has 158 valence electrons. The van der Waals surface area contributed by atoms with Gasteiger partial charge < -0.3 is 9.47 Å². The van der Waals surface area contributed by atoms with Gasteiger partial charge in [-0.1, -0.05) is 50.1 Å². The van der Waals surface area contributed by atoms with E-state index in [1.807, 2.05) is 36.4 Å². The number of ether oxygens (including phenoxy) is 2. The molecule has 2 aromatic carbocycles. The van der Waals surface area contributed by atoms with E-state index in [1.165, 1.54) is 36.3 Å². The van der Waals surface area contributed by atoms with Gasteiger partial charge in [-0.25, -0.2) is 0 Å². The highest BCUT2D eigenvalue weighted by Crippen LogP contribution is 2.24. The van der Waals surface area contributed by atoms with Crippen molar-refractivity contribution < 1.29 is 19.2 Å². The zero-order valence-corrected chi connectivity index (χ0v) is 17.4. The molecule has 0 heterocycles. The molecule has 0 aliphatic rings. The Morgan fingerprint density at radius 2 is 1.70 bits per heavy atom. The van der Waals surface area contributed by atoms with Crippen molar-refractivity contribution in [3.05, 3.63) is 82.4 Å². The van der Waals surface area contributed by atoms with Gasteiger partial charge in [0, 0.05) is 12.1 Å². The molecule has 0 saturated heterocycles. The van der Waals surface area contributed by atoms with Crippen LogP contribution >= 0.6 is 0 Å². The highest BCUT2D eigenvalue weighted by atomic mass is 16.6. The maximum Gasteiger partial charge on any atom is 0.315 e. The van der Waals surface area contributed by atoms with Crippen LogP contribution in [0, 0.1) is 10.1 Å². The van der Waals surface area contributed by atoms with Crippen molar-refractivity contribution in [3.63, 3.8) is 0 Å². The second-order valence-electron chi connectivity index (χ2n) is 6.73. The molecule has 0 aliphatic heterocycles. The Hall–Kier alpha value is -3.41. The van der Waals surface area contributed by atoms with Gasteiger partial charge in [0.15, 0.2) is 0 Å². The third-order valence-electron chi connectivity index (χ3n) is 4.51. The molecule has 2 rings (SSSR count). The SMILES string of the molecule is CCCCC/C(=C\C=C\CC(=O)Oc1ccc([N+](=O)[O-])cc1)c1ccc(OC)cc1. The topological polar surface area (TPSA) is 78.7 Å². The lowest BCUT2D eigenvalue weighted by Gasteiger charge is -2.08. The van der Waals surface area contributed by atoms with Gasteiger partial charge in [0.1, 0.15) is 11.5 Å². The van der Waals surface area contributed by atoms with E-state index in [0.29, 0.717) is 0 Å². The molecule has 0 aromatic heterocycles. The zero-order chi connectivity index (χ0) is 21.8. The van der Waals surface area contributed by atoms with Crippen molar-refractivity contribution in [2.24, 2.45) is 0 Å². The van der Waals surface area contributed by atoms with E-state index in [0.717, 1.165) is 30.6 Å². The number of allylic oxidation sites excluding steroid dienone is 3. The number of nitro benzene ring substituents is 1. The normalized spacial score (nSPS) is 11.5. The van der Waals surface area contributed by atoms with Crippen LogP contribution in [0.25, 0.3) is 5.57 Å². The van der Waals surface area contributed by atoms with Gasteiger partial charge in [-0.3, -0.25) is 14.9 Å². The van der Waals surface area contributed by atoms with Crippen molar-refractivity contribution >= 4 is 17.2 Å². The first-order valence-electron chi connectivity index (χ1n) is 9.98. The number of nitro groups is 1. The fourth-order valence-electron chi connectivity index (χ4n) is 2.85. The molecule has 0 fully saturated rings. The average molecular weight is 409 g/mol. The predicted octanol–water partition coefficient (Wildman–Crippen LogP) is 6.12. The molecule has 30 heavy (non-hydrogen) atoms. The summed E-state index contributed by atoms with van der Waals surface area (Å²) in [5.74, 6) is 0.676. The van der Waals surface area contributed by atoms with Gasteiger partial charge in [0.25, 0.3) is 5.69 Å². The van der Waals surface area contributed by atoms with Gasteiger partial charge >= 0.3 is 5.97 Å². The van der Waals surface area contributed by atoms with E-state index in [9.17, 15) is 14.9 Å². The summed E-state index contributed by atoms with van der Waals surface area (Å²) in [5.41, 5.74) is 2.28. The highest BCUT2D eigenvalue weighted by Gasteiger charge is 2.07. The molecule has 0 radical (unpaired) electrons. The number of carbonyl (C=O) groups excluding carboxylic acids is 1. The van der Waals surface area contributed by atoms with Crippen LogP contribution in [0.1, 0.15) is 44.6 Å². The Balaban J connectivity index is 1.96. The Bertz CT molecular complexity index is 883. The molecular weight excluding hydrogens is 382 g/mol. The number of methoxy groups -OCH3 is 1. The van der Waals surface area contributed by atoms with Gasteiger partial charge in [-0.2, -0.15) is 0 Å². The molecule has 0 amide bonds. The lowest BCUT2D eigenvalue weighted by Crippen LogP contribution is -2.06. The quantitative estimate of drug-likeness (QED) is 0.112. The Morgan fingerprint density at radius 1 is 1.03 bits per heavy atom. The summed E-state index contributed by atoms with van der Waals surface area (Å²) in [4.78, 5) is 22.1. The van der Waals surface area contributed by atoms with Crippen molar-refractivity contribution in [3.8, 4) is 11.5 Å². The van der Waals surface area contributed by atoms with Gasteiger partial charge in [0.2, 0.25) is 0 Å². The fourth-order valence-corrected chi connectivity index (χ4v) is 2.85. The summed E-state index contributed by atoms with van der Waals surface area (Å²) in [7, 11) is 1.64. The summed E-state index contributed by atoms with van der Waals surface area (Å²) in [5, 5.41) is 10.7. The standard InChI is InChI=1S/C24H27NO5/c1-3-4-5-8-19(20-11-15-22(29-2)16-12-20)9-6-7-10-24(26)30-23-17-13-21(14-18-23)25(27)28/h6-7,9,11-18H,3-5,8,10H2,1-2H3/b7-6+,19-9+. The fraction of sp³-hybridized carbons (Fsp3) is 0.292. The molecule has 2 aromatic rings. The summed E-state index contributed by atoms with van der Waals surface area (Å²) in [6, 6.07) is 13.4. The molecule has 0 N–H and O–H groups in total. The lowest BCUT2D eigenvalue weighted by molar-refractivity contribution is -0.384. The number of hydrogen-bond donors (Lipinski definition) is 0. The van der Waals surface area contributed by atoms with E-state index in [1.54, 1.807) is 13.2 Å². The average Bonchev–Trinajstić information content (AvgIpc) is 2.76. The number of benzene rings is 2. The molecule has 0 bridgehead atoms. The number of carbonyl (C=O) groups is 1. The molecule has 0 aliphatic carbocycles. The Labute approximate surface area is 177 Å². The maximum absolute atomic E-state index is 12.0. The van der Waals surface area contributed by atoms with E-state index >= 15 is 0 Å². The minimum atomic E-state index is -0.498. The Kier molecular flexibility index (Phi) is 9.31. The molecular formula is C24H27NO5. The summed E-state index contributed by atoms with van der Waals surface area (Å²) in [6.45, 7) is 2.17. The van der Waals surface area contributed by atoms with Crippen molar-refractivity contribution in [1.82, 2.24) is 0 Å². The van der Waals surface area contributed by atoms with Gasteiger partial charge in [-0.05, 0) is 48.2 Å². The maximum atomic E-state index is 12.0. The van der Waals surface area contributed by atoms with Crippen LogP contribution in [-0.2, 0) is 4.79 Å². The first-order valence-corrected chi connectivity index (χ1v) is 9.98. The van der Waals surface area contributed by atoms with Crippen LogP contribution in [0.5, 0.6) is 11.5 Å².